The van der Waals surface area contributed by atoms with Gasteiger partial charge in [0.1, 0.15) is 5.75 Å². The van der Waals surface area contributed by atoms with Crippen LogP contribution in [0.1, 0.15) is 17.0 Å². The molecule has 3 aromatic rings. The van der Waals surface area contributed by atoms with E-state index in [-0.39, 0.29) is 0 Å². The second-order valence-corrected chi connectivity index (χ2v) is 6.42. The van der Waals surface area contributed by atoms with Crippen molar-refractivity contribution in [1.82, 2.24) is 14.9 Å². The molecule has 0 aliphatic carbocycles. The molecule has 3 rings (SSSR count). The lowest BCUT2D eigenvalue weighted by atomic mass is 10.1. The van der Waals surface area contributed by atoms with Crippen molar-refractivity contribution in [3.05, 3.63) is 74.2 Å². The number of ether oxygens (including phenoxy) is 1. The fraction of sp³-hybridized carbons (Fsp3) is 0.118. The molecule has 1 heterocycles. The van der Waals surface area contributed by atoms with Gasteiger partial charge in [-0.1, -0.05) is 41.4 Å². The summed E-state index contributed by atoms with van der Waals surface area (Å²) in [6.45, 7) is 0. The highest BCUT2D eigenvalue weighted by Crippen LogP contribution is 2.20. The van der Waals surface area contributed by atoms with E-state index in [1.807, 2.05) is 24.3 Å². The molecule has 128 valence electrons. The van der Waals surface area contributed by atoms with E-state index in [0.717, 1.165) is 16.9 Å². The van der Waals surface area contributed by atoms with Gasteiger partial charge in [0.05, 0.1) is 18.3 Å². The van der Waals surface area contributed by atoms with Crippen molar-refractivity contribution in [3.63, 3.8) is 0 Å². The minimum absolute atomic E-state index is 0.407. The van der Waals surface area contributed by atoms with Gasteiger partial charge in [0.25, 0.3) is 0 Å². The number of H-pyrrole nitrogens is 1. The zero-order valence-electron chi connectivity index (χ0n) is 13.2. The van der Waals surface area contributed by atoms with Gasteiger partial charge in [0.2, 0.25) is 4.77 Å². The quantitative estimate of drug-likeness (QED) is 0.504. The highest BCUT2D eigenvalue weighted by atomic mass is 35.5. The maximum Gasteiger partial charge on any atom is 0.216 e. The van der Waals surface area contributed by atoms with Gasteiger partial charge in [-0.15, -0.1) is 0 Å². The van der Waals surface area contributed by atoms with Gasteiger partial charge in [0.15, 0.2) is 5.82 Å². The zero-order chi connectivity index (χ0) is 17.8. The summed E-state index contributed by atoms with van der Waals surface area (Å²) >= 11 is 17.3. The number of nitrogens with one attached hydrogen (secondary N) is 1. The van der Waals surface area contributed by atoms with Crippen molar-refractivity contribution in [2.45, 2.75) is 6.42 Å². The van der Waals surface area contributed by atoms with E-state index in [4.69, 9.17) is 40.2 Å². The highest BCUT2D eigenvalue weighted by Gasteiger charge is 2.07. The van der Waals surface area contributed by atoms with Gasteiger partial charge in [-0.05, 0) is 42.0 Å². The molecule has 2 aromatic carbocycles. The molecular formula is C17H14Cl2N4OS. The zero-order valence-corrected chi connectivity index (χ0v) is 15.6. The first-order valence-corrected chi connectivity index (χ1v) is 8.52. The first-order valence-electron chi connectivity index (χ1n) is 7.35. The predicted octanol–water partition coefficient (Wildman–Crippen LogP) is 4.73. The topological polar surface area (TPSA) is 55.2 Å². The maximum absolute atomic E-state index is 6.16. The Hall–Kier alpha value is -2.15. The highest BCUT2D eigenvalue weighted by molar-refractivity contribution is 7.71. The first-order chi connectivity index (χ1) is 12.1. The van der Waals surface area contributed by atoms with E-state index < -0.39 is 0 Å². The summed E-state index contributed by atoms with van der Waals surface area (Å²) in [5.41, 5.74) is 1.81. The van der Waals surface area contributed by atoms with Crippen LogP contribution in [0.25, 0.3) is 0 Å². The molecule has 0 fully saturated rings. The molecule has 0 atom stereocenters. The predicted molar refractivity (Wildman–Crippen MR) is 103 cm³/mol. The van der Waals surface area contributed by atoms with E-state index in [0.29, 0.717) is 27.1 Å². The van der Waals surface area contributed by atoms with Gasteiger partial charge in [-0.2, -0.15) is 14.9 Å². The molecule has 1 N–H and O–H groups in total. The third-order valence-corrected chi connectivity index (χ3v) is 4.34. The molecule has 0 bridgehead atoms. The number of methoxy groups -OCH3 is 1. The van der Waals surface area contributed by atoms with Crippen LogP contribution in [0.3, 0.4) is 0 Å². The van der Waals surface area contributed by atoms with Crippen molar-refractivity contribution in [3.8, 4) is 5.75 Å². The molecule has 25 heavy (non-hydrogen) atoms. The van der Waals surface area contributed by atoms with Crippen LogP contribution in [0.15, 0.2) is 47.6 Å². The van der Waals surface area contributed by atoms with Gasteiger partial charge in [-0.25, -0.2) is 0 Å². The summed E-state index contributed by atoms with van der Waals surface area (Å²) in [5.74, 6) is 1.49. The number of aromatic amines is 1. The van der Waals surface area contributed by atoms with Crippen LogP contribution in [0.5, 0.6) is 5.75 Å². The van der Waals surface area contributed by atoms with E-state index in [1.165, 1.54) is 0 Å². The number of halogens is 2. The molecule has 0 saturated heterocycles. The smallest absolute Gasteiger partial charge is 0.216 e. The maximum atomic E-state index is 6.16. The molecule has 5 nitrogen and oxygen atoms in total. The Balaban J connectivity index is 1.86. The fourth-order valence-corrected chi connectivity index (χ4v) is 2.87. The number of hydrogen-bond acceptors (Lipinski definition) is 4. The summed E-state index contributed by atoms with van der Waals surface area (Å²) in [5, 5.41) is 12.5. The monoisotopic (exact) mass is 392 g/mol. The van der Waals surface area contributed by atoms with Crippen LogP contribution in [0.2, 0.25) is 10.0 Å². The Kier molecular flexibility index (Phi) is 5.53. The van der Waals surface area contributed by atoms with Gasteiger partial charge in [0, 0.05) is 17.0 Å². The molecule has 0 unspecified atom stereocenters. The second-order valence-electron chi connectivity index (χ2n) is 5.19. The Labute approximate surface area is 159 Å². The Morgan fingerprint density at radius 1 is 1.24 bits per heavy atom. The summed E-state index contributed by atoms with van der Waals surface area (Å²) < 4.78 is 7.15. The first kappa shape index (κ1) is 17.7. The molecule has 0 radical (unpaired) electrons. The van der Waals surface area contributed by atoms with E-state index in [2.05, 4.69) is 15.3 Å². The lowest BCUT2D eigenvalue weighted by Gasteiger charge is -2.04. The number of nitrogens with zero attached hydrogens (tertiary/aromatic N) is 3. The largest absolute Gasteiger partial charge is 0.497 e. The van der Waals surface area contributed by atoms with Crippen LogP contribution in [-0.2, 0) is 6.42 Å². The molecule has 0 spiro atoms. The van der Waals surface area contributed by atoms with Crippen LogP contribution in [0.4, 0.5) is 0 Å². The lowest BCUT2D eigenvalue weighted by molar-refractivity contribution is 0.414. The average Bonchev–Trinajstić information content (AvgIpc) is 2.95. The van der Waals surface area contributed by atoms with Crippen molar-refractivity contribution >= 4 is 41.6 Å². The van der Waals surface area contributed by atoms with E-state index in [1.54, 1.807) is 36.2 Å². The van der Waals surface area contributed by atoms with Crippen molar-refractivity contribution in [1.29, 1.82) is 0 Å². The lowest BCUT2D eigenvalue weighted by Crippen LogP contribution is -2.00. The fourth-order valence-electron chi connectivity index (χ4n) is 2.21. The molecule has 0 amide bonds. The number of aromatic nitrogens is 3. The van der Waals surface area contributed by atoms with Gasteiger partial charge < -0.3 is 4.74 Å². The number of benzene rings is 2. The van der Waals surface area contributed by atoms with E-state index >= 15 is 0 Å². The average molecular weight is 393 g/mol. The molecule has 1 aromatic heterocycles. The number of hydrogen-bond donors (Lipinski definition) is 1. The second kappa shape index (κ2) is 7.82. The summed E-state index contributed by atoms with van der Waals surface area (Å²) in [6.07, 6.45) is 2.20. The minimum Gasteiger partial charge on any atom is -0.497 e. The molecule has 0 saturated carbocycles. The normalized spacial score (nSPS) is 11.2. The summed E-state index contributed by atoms with van der Waals surface area (Å²) in [7, 11) is 1.64. The molecule has 8 heteroatoms. The number of rotatable bonds is 5. The molecular weight excluding hydrogens is 379 g/mol. The molecule has 0 aliphatic rings. The van der Waals surface area contributed by atoms with Crippen LogP contribution in [-0.4, -0.2) is 28.2 Å². The van der Waals surface area contributed by atoms with Crippen molar-refractivity contribution < 1.29 is 4.74 Å². The standard InChI is InChI=1S/C17H14Cl2N4OS/c1-24-14-6-2-11(3-7-14)8-16-21-22-17(25)23(16)20-10-12-4-5-13(18)9-15(12)19/h2-7,9-10H,8H2,1H3,(H,22,25)/b20-10-. The van der Waals surface area contributed by atoms with Crippen LogP contribution in [0, 0.1) is 4.77 Å². The summed E-state index contributed by atoms with van der Waals surface area (Å²) in [4.78, 5) is 0. The van der Waals surface area contributed by atoms with Gasteiger partial charge >= 0.3 is 0 Å². The summed E-state index contributed by atoms with van der Waals surface area (Å²) in [6, 6.07) is 13.0. The Morgan fingerprint density at radius 3 is 2.68 bits per heavy atom. The Bertz CT molecular complexity index is 964. The van der Waals surface area contributed by atoms with Crippen molar-refractivity contribution in [2.75, 3.05) is 7.11 Å². The Morgan fingerprint density at radius 2 is 2.00 bits per heavy atom. The molecule has 0 aliphatic heterocycles. The third kappa shape index (κ3) is 4.28. The minimum atomic E-state index is 0.407. The van der Waals surface area contributed by atoms with Crippen molar-refractivity contribution in [2.24, 2.45) is 5.10 Å². The SMILES string of the molecule is COc1ccc(Cc2n[nH]c(=S)n2/N=C\c2ccc(Cl)cc2Cl)cc1. The van der Waals surface area contributed by atoms with Crippen LogP contribution >= 0.6 is 35.4 Å². The third-order valence-electron chi connectivity index (χ3n) is 3.51. The van der Waals surface area contributed by atoms with Crippen LogP contribution < -0.4 is 4.74 Å². The van der Waals surface area contributed by atoms with E-state index in [9.17, 15) is 0 Å². The van der Waals surface area contributed by atoms with Gasteiger partial charge in [-0.3, -0.25) is 5.10 Å².